The molecule has 0 aromatic carbocycles. The predicted octanol–water partition coefficient (Wildman–Crippen LogP) is 1.45. The van der Waals surface area contributed by atoms with E-state index in [1.807, 2.05) is 0 Å². The maximum Gasteiger partial charge on any atom is 0.227 e. The Morgan fingerprint density at radius 2 is 2.52 bits per heavy atom. The average Bonchev–Trinajstić information content (AvgIpc) is 3.14. The van der Waals surface area contributed by atoms with Gasteiger partial charge in [0.1, 0.15) is 11.4 Å². The van der Waals surface area contributed by atoms with Crippen molar-refractivity contribution in [3.63, 3.8) is 0 Å². The number of aliphatic hydroxyl groups is 1. The number of hydrogen-bond donors (Lipinski definition) is 3. The molecule has 2 atom stereocenters. The molecule has 0 fully saturated rings. The lowest BCUT2D eigenvalue weighted by Gasteiger charge is -2.25. The van der Waals surface area contributed by atoms with Gasteiger partial charge in [-0.3, -0.25) is 9.89 Å². The van der Waals surface area contributed by atoms with Crippen molar-refractivity contribution in [2.75, 3.05) is 6.54 Å². The van der Waals surface area contributed by atoms with E-state index in [-0.39, 0.29) is 18.4 Å². The third-order valence-corrected chi connectivity index (χ3v) is 4.02. The molecule has 3 N–H and O–H groups in total. The normalized spacial score (nSPS) is 20.6. The first-order valence-electron chi connectivity index (χ1n) is 7.14. The van der Waals surface area contributed by atoms with Crippen LogP contribution < -0.4 is 5.32 Å². The van der Waals surface area contributed by atoms with E-state index in [0.717, 1.165) is 30.5 Å². The molecule has 0 saturated heterocycles. The zero-order valence-corrected chi connectivity index (χ0v) is 11.9. The minimum absolute atomic E-state index is 0.0795. The van der Waals surface area contributed by atoms with Gasteiger partial charge in [0.2, 0.25) is 5.91 Å². The lowest BCUT2D eigenvalue weighted by molar-refractivity contribution is -0.124. The van der Waals surface area contributed by atoms with Gasteiger partial charge in [-0.1, -0.05) is 0 Å². The molecule has 0 spiro atoms. The molecule has 2 unspecified atom stereocenters. The Bertz CT molecular complexity index is 616. The van der Waals surface area contributed by atoms with E-state index in [9.17, 15) is 9.90 Å². The molecular weight excluding hydrogens is 270 g/mol. The second-order valence-corrected chi connectivity index (χ2v) is 5.72. The molecule has 6 heteroatoms. The average molecular weight is 289 g/mol. The van der Waals surface area contributed by atoms with E-state index in [1.54, 1.807) is 25.3 Å². The van der Waals surface area contributed by atoms with Gasteiger partial charge in [0.05, 0.1) is 24.9 Å². The quantitative estimate of drug-likeness (QED) is 0.794. The Kier molecular flexibility index (Phi) is 3.55. The Balaban J connectivity index is 1.66. The summed E-state index contributed by atoms with van der Waals surface area (Å²) in [6, 6.07) is 3.41. The van der Waals surface area contributed by atoms with Gasteiger partial charge >= 0.3 is 0 Å². The highest BCUT2D eigenvalue weighted by atomic mass is 16.4. The first kappa shape index (κ1) is 13.9. The highest BCUT2D eigenvalue weighted by molar-refractivity contribution is 5.84. The van der Waals surface area contributed by atoms with Crippen LogP contribution in [0.25, 0.3) is 0 Å². The fraction of sp³-hybridized carbons (Fsp3) is 0.467. The van der Waals surface area contributed by atoms with Gasteiger partial charge in [-0.25, -0.2) is 0 Å². The van der Waals surface area contributed by atoms with Gasteiger partial charge in [0, 0.05) is 11.3 Å². The summed E-state index contributed by atoms with van der Waals surface area (Å²) in [6.07, 6.45) is 5.93. The number of carbonyl (C=O) groups is 1. The largest absolute Gasteiger partial charge is 0.466 e. The van der Waals surface area contributed by atoms with Gasteiger partial charge in [-0.15, -0.1) is 0 Å². The van der Waals surface area contributed by atoms with Crippen LogP contribution in [0.2, 0.25) is 0 Å². The zero-order valence-electron chi connectivity index (χ0n) is 11.9. The fourth-order valence-corrected chi connectivity index (χ4v) is 2.79. The fourth-order valence-electron chi connectivity index (χ4n) is 2.79. The van der Waals surface area contributed by atoms with Crippen molar-refractivity contribution < 1.29 is 14.3 Å². The van der Waals surface area contributed by atoms with Crippen LogP contribution in [0.1, 0.15) is 42.7 Å². The molecule has 0 bridgehead atoms. The molecule has 0 aliphatic heterocycles. The summed E-state index contributed by atoms with van der Waals surface area (Å²) >= 11 is 0. The molecule has 6 nitrogen and oxygen atoms in total. The standard InChI is InChI=1S/C15H19N3O3/c1-15(20,13-6-3-7-21-13)9-16-14(19)10-4-2-5-12-11(10)8-17-18-12/h3,6-8,10,20H,2,4-5,9H2,1H3,(H,16,19)(H,17,18). The highest BCUT2D eigenvalue weighted by Crippen LogP contribution is 2.30. The molecule has 2 aromatic rings. The molecule has 1 amide bonds. The Morgan fingerprint density at radius 1 is 1.67 bits per heavy atom. The van der Waals surface area contributed by atoms with Crippen molar-refractivity contribution in [2.45, 2.75) is 37.7 Å². The number of amides is 1. The van der Waals surface area contributed by atoms with E-state index in [1.165, 1.54) is 6.26 Å². The lowest BCUT2D eigenvalue weighted by Crippen LogP contribution is -2.41. The van der Waals surface area contributed by atoms with E-state index in [4.69, 9.17) is 4.42 Å². The number of rotatable bonds is 4. The van der Waals surface area contributed by atoms with E-state index in [2.05, 4.69) is 15.5 Å². The monoisotopic (exact) mass is 289 g/mol. The smallest absolute Gasteiger partial charge is 0.227 e. The van der Waals surface area contributed by atoms with Gasteiger partial charge in [0.25, 0.3) is 0 Å². The topological polar surface area (TPSA) is 91.2 Å². The minimum Gasteiger partial charge on any atom is -0.466 e. The van der Waals surface area contributed by atoms with E-state index >= 15 is 0 Å². The summed E-state index contributed by atoms with van der Waals surface area (Å²) in [7, 11) is 0. The van der Waals surface area contributed by atoms with Crippen molar-refractivity contribution in [2.24, 2.45) is 0 Å². The summed E-state index contributed by atoms with van der Waals surface area (Å²) < 4.78 is 5.20. The highest BCUT2D eigenvalue weighted by Gasteiger charge is 2.31. The third kappa shape index (κ3) is 2.71. The summed E-state index contributed by atoms with van der Waals surface area (Å²) in [5.74, 6) is 0.166. The van der Waals surface area contributed by atoms with Gasteiger partial charge in [0.15, 0.2) is 0 Å². The van der Waals surface area contributed by atoms with E-state index in [0.29, 0.717) is 5.76 Å². The number of carbonyl (C=O) groups excluding carboxylic acids is 1. The number of fused-ring (bicyclic) bond motifs is 1. The van der Waals surface area contributed by atoms with Crippen LogP contribution in [-0.2, 0) is 16.8 Å². The summed E-state index contributed by atoms with van der Waals surface area (Å²) in [6.45, 7) is 1.74. The minimum atomic E-state index is -1.22. The number of furan rings is 1. The molecule has 2 heterocycles. The molecule has 1 aliphatic carbocycles. The molecule has 21 heavy (non-hydrogen) atoms. The molecule has 2 aromatic heterocycles. The first-order valence-corrected chi connectivity index (χ1v) is 7.14. The number of nitrogens with zero attached hydrogens (tertiary/aromatic N) is 1. The van der Waals surface area contributed by atoms with Crippen molar-refractivity contribution >= 4 is 5.91 Å². The molecule has 112 valence electrons. The summed E-state index contributed by atoms with van der Waals surface area (Å²) in [5, 5.41) is 20.1. The molecule has 3 rings (SSSR count). The number of aromatic nitrogens is 2. The number of aromatic amines is 1. The first-order chi connectivity index (χ1) is 10.1. The molecule has 0 radical (unpaired) electrons. The van der Waals surface area contributed by atoms with Crippen molar-refractivity contribution in [3.05, 3.63) is 41.6 Å². The second kappa shape index (κ2) is 5.37. The Hall–Kier alpha value is -2.08. The van der Waals surface area contributed by atoms with Gasteiger partial charge < -0.3 is 14.8 Å². The van der Waals surface area contributed by atoms with Crippen LogP contribution in [0.15, 0.2) is 29.0 Å². The number of H-pyrrole nitrogens is 1. The summed E-state index contributed by atoms with van der Waals surface area (Å²) in [5.41, 5.74) is 0.795. The van der Waals surface area contributed by atoms with Crippen LogP contribution in [0, 0.1) is 0 Å². The maximum absolute atomic E-state index is 12.4. The van der Waals surface area contributed by atoms with Crippen LogP contribution in [0.4, 0.5) is 0 Å². The summed E-state index contributed by atoms with van der Waals surface area (Å²) in [4.78, 5) is 12.4. The third-order valence-electron chi connectivity index (χ3n) is 4.02. The second-order valence-electron chi connectivity index (χ2n) is 5.72. The number of nitrogens with one attached hydrogen (secondary N) is 2. The molecular formula is C15H19N3O3. The zero-order chi connectivity index (χ0) is 14.9. The van der Waals surface area contributed by atoms with Crippen LogP contribution in [0.3, 0.4) is 0 Å². The predicted molar refractivity (Wildman–Crippen MR) is 75.6 cm³/mol. The number of hydrogen-bond acceptors (Lipinski definition) is 4. The van der Waals surface area contributed by atoms with Gasteiger partial charge in [-0.05, 0) is 38.3 Å². The SMILES string of the molecule is CC(O)(CNC(=O)C1CCCc2[nH]ncc21)c1ccco1. The van der Waals surface area contributed by atoms with Crippen molar-refractivity contribution in [1.82, 2.24) is 15.5 Å². The van der Waals surface area contributed by atoms with Crippen LogP contribution >= 0.6 is 0 Å². The van der Waals surface area contributed by atoms with Crippen molar-refractivity contribution in [1.29, 1.82) is 0 Å². The van der Waals surface area contributed by atoms with Crippen molar-refractivity contribution in [3.8, 4) is 0 Å². The Labute approximate surface area is 122 Å². The van der Waals surface area contributed by atoms with Gasteiger partial charge in [-0.2, -0.15) is 5.10 Å². The molecule has 0 saturated carbocycles. The van der Waals surface area contributed by atoms with Crippen LogP contribution in [-0.4, -0.2) is 27.8 Å². The molecule has 1 aliphatic rings. The van der Waals surface area contributed by atoms with E-state index < -0.39 is 5.60 Å². The lowest BCUT2D eigenvalue weighted by atomic mass is 9.86. The Morgan fingerprint density at radius 3 is 3.29 bits per heavy atom. The van der Waals surface area contributed by atoms with Crippen LogP contribution in [0.5, 0.6) is 0 Å². The maximum atomic E-state index is 12.4. The number of aryl methyl sites for hydroxylation is 1.